The van der Waals surface area contributed by atoms with Crippen LogP contribution in [0.2, 0.25) is 0 Å². The molecule has 2 heterocycles. The fraction of sp³-hybridized carbons (Fsp3) is 0.211. The molecule has 0 aliphatic carbocycles. The molecule has 0 radical (unpaired) electrons. The molecule has 0 saturated carbocycles. The molecule has 3 aromatic rings. The fourth-order valence-corrected chi connectivity index (χ4v) is 3.14. The maximum atomic E-state index is 13.3. The minimum atomic E-state index is -4.54. The van der Waals surface area contributed by atoms with Crippen LogP contribution in [-0.2, 0) is 15.7 Å². The standard InChI is InChI=1S/C19H14F3N3O3/c20-19(21,22)12-6-2-1-4-10(12)16-23-13-7-3-5-11(15(13)25-16)17(26)24-14-8-9-28-18(14)27/h1-7,14H,8-9H2,(H,23,25)(H,24,26). The number of carbonyl (C=O) groups is 2. The van der Waals surface area contributed by atoms with E-state index in [9.17, 15) is 22.8 Å². The van der Waals surface area contributed by atoms with Crippen LogP contribution in [0.25, 0.3) is 22.4 Å². The topological polar surface area (TPSA) is 84.1 Å². The summed E-state index contributed by atoms with van der Waals surface area (Å²) in [4.78, 5) is 31.2. The number of alkyl halides is 3. The summed E-state index contributed by atoms with van der Waals surface area (Å²) in [5.41, 5.74) is -0.151. The first kappa shape index (κ1) is 18.0. The number of carbonyl (C=O) groups excluding carboxylic acids is 2. The number of nitrogens with one attached hydrogen (secondary N) is 2. The molecule has 6 nitrogen and oxygen atoms in total. The highest BCUT2D eigenvalue weighted by atomic mass is 19.4. The number of aromatic amines is 1. The maximum Gasteiger partial charge on any atom is 0.417 e. The Balaban J connectivity index is 1.74. The molecule has 2 N–H and O–H groups in total. The Morgan fingerprint density at radius 3 is 2.68 bits per heavy atom. The first-order valence-electron chi connectivity index (χ1n) is 8.47. The smallest absolute Gasteiger partial charge is 0.417 e. The van der Waals surface area contributed by atoms with Crippen LogP contribution in [0.1, 0.15) is 22.3 Å². The van der Waals surface area contributed by atoms with Crippen molar-refractivity contribution in [2.45, 2.75) is 18.6 Å². The third kappa shape index (κ3) is 3.19. The second kappa shape index (κ2) is 6.66. The van der Waals surface area contributed by atoms with E-state index in [4.69, 9.17) is 4.74 Å². The van der Waals surface area contributed by atoms with E-state index in [0.29, 0.717) is 11.9 Å². The van der Waals surface area contributed by atoms with Gasteiger partial charge in [-0.15, -0.1) is 0 Å². The number of esters is 1. The van der Waals surface area contributed by atoms with Gasteiger partial charge in [0.2, 0.25) is 0 Å². The summed E-state index contributed by atoms with van der Waals surface area (Å²) < 4.78 is 44.7. The van der Waals surface area contributed by atoms with E-state index in [0.717, 1.165) is 6.07 Å². The molecule has 1 unspecified atom stereocenters. The molecule has 4 rings (SSSR count). The molecule has 1 saturated heterocycles. The van der Waals surface area contributed by atoms with Crippen molar-refractivity contribution in [1.29, 1.82) is 0 Å². The highest BCUT2D eigenvalue weighted by molar-refractivity contribution is 6.06. The van der Waals surface area contributed by atoms with E-state index in [2.05, 4.69) is 15.3 Å². The summed E-state index contributed by atoms with van der Waals surface area (Å²) in [6.07, 6.45) is -4.18. The number of benzene rings is 2. The molecule has 1 aliphatic heterocycles. The van der Waals surface area contributed by atoms with Crippen molar-refractivity contribution in [1.82, 2.24) is 15.3 Å². The van der Waals surface area contributed by atoms with Crippen LogP contribution in [-0.4, -0.2) is 34.5 Å². The van der Waals surface area contributed by atoms with Crippen LogP contribution in [0.4, 0.5) is 13.2 Å². The predicted molar refractivity (Wildman–Crippen MR) is 93.4 cm³/mol. The van der Waals surface area contributed by atoms with E-state index in [1.807, 2.05) is 0 Å². The number of aromatic nitrogens is 2. The van der Waals surface area contributed by atoms with Crippen molar-refractivity contribution in [3.8, 4) is 11.4 Å². The molecule has 1 aliphatic rings. The number of fused-ring (bicyclic) bond motifs is 1. The lowest BCUT2D eigenvalue weighted by Crippen LogP contribution is -2.38. The summed E-state index contributed by atoms with van der Waals surface area (Å²) in [6, 6.07) is 9.03. The monoisotopic (exact) mass is 389 g/mol. The Bertz CT molecular complexity index is 1070. The minimum Gasteiger partial charge on any atom is -0.464 e. The minimum absolute atomic E-state index is 0.00320. The molecule has 1 aromatic heterocycles. The lowest BCUT2D eigenvalue weighted by Gasteiger charge is -2.10. The first-order chi connectivity index (χ1) is 13.3. The number of hydrogen-bond acceptors (Lipinski definition) is 4. The van der Waals surface area contributed by atoms with Crippen LogP contribution >= 0.6 is 0 Å². The van der Waals surface area contributed by atoms with Gasteiger partial charge in [0.15, 0.2) is 0 Å². The molecule has 0 bridgehead atoms. The summed E-state index contributed by atoms with van der Waals surface area (Å²) in [6.45, 7) is 0.231. The Kier molecular flexibility index (Phi) is 4.29. The second-order valence-electron chi connectivity index (χ2n) is 6.31. The van der Waals surface area contributed by atoms with Gasteiger partial charge >= 0.3 is 12.1 Å². The second-order valence-corrected chi connectivity index (χ2v) is 6.31. The van der Waals surface area contributed by atoms with E-state index >= 15 is 0 Å². The summed E-state index contributed by atoms with van der Waals surface area (Å²) >= 11 is 0. The van der Waals surface area contributed by atoms with Crippen LogP contribution in [0, 0.1) is 0 Å². The van der Waals surface area contributed by atoms with Gasteiger partial charge in [0, 0.05) is 12.0 Å². The zero-order valence-corrected chi connectivity index (χ0v) is 14.3. The SMILES string of the molecule is O=C(NC1CCOC1=O)c1cccc2[nH]c(-c3ccccc3C(F)(F)F)nc12. The number of amides is 1. The van der Waals surface area contributed by atoms with E-state index in [-0.39, 0.29) is 29.1 Å². The average Bonchev–Trinajstić information content (AvgIpc) is 3.27. The molecule has 2 aromatic carbocycles. The molecular weight excluding hydrogens is 375 g/mol. The van der Waals surface area contributed by atoms with Crippen LogP contribution < -0.4 is 5.32 Å². The Morgan fingerprint density at radius 1 is 1.18 bits per heavy atom. The molecule has 9 heteroatoms. The molecular formula is C19H14F3N3O3. The zero-order chi connectivity index (χ0) is 19.9. The predicted octanol–water partition coefficient (Wildman–Crippen LogP) is 3.29. The highest BCUT2D eigenvalue weighted by Gasteiger charge is 2.34. The van der Waals surface area contributed by atoms with Crippen molar-refractivity contribution in [2.75, 3.05) is 6.61 Å². The van der Waals surface area contributed by atoms with Crippen molar-refractivity contribution in [3.05, 3.63) is 53.6 Å². The molecule has 1 atom stereocenters. The zero-order valence-electron chi connectivity index (χ0n) is 14.3. The number of halogens is 3. The first-order valence-corrected chi connectivity index (χ1v) is 8.47. The molecule has 1 fully saturated rings. The van der Waals surface area contributed by atoms with E-state index in [1.165, 1.54) is 24.3 Å². The van der Waals surface area contributed by atoms with Crippen molar-refractivity contribution in [3.63, 3.8) is 0 Å². The van der Waals surface area contributed by atoms with Gasteiger partial charge in [-0.05, 0) is 18.2 Å². The normalized spacial score (nSPS) is 17.0. The van der Waals surface area contributed by atoms with Gasteiger partial charge in [0.1, 0.15) is 17.4 Å². The number of para-hydroxylation sites is 1. The summed E-state index contributed by atoms with van der Waals surface area (Å²) in [5, 5.41) is 2.57. The third-order valence-corrected chi connectivity index (χ3v) is 4.49. The van der Waals surface area contributed by atoms with Crippen molar-refractivity contribution in [2.24, 2.45) is 0 Å². The number of imidazole rings is 1. The van der Waals surface area contributed by atoms with Gasteiger partial charge in [-0.1, -0.05) is 24.3 Å². The van der Waals surface area contributed by atoms with Crippen molar-refractivity contribution < 1.29 is 27.5 Å². The number of ether oxygens (including phenoxy) is 1. The molecule has 144 valence electrons. The lowest BCUT2D eigenvalue weighted by molar-refractivity contribution is -0.139. The maximum absolute atomic E-state index is 13.3. The fourth-order valence-electron chi connectivity index (χ4n) is 3.14. The lowest BCUT2D eigenvalue weighted by atomic mass is 10.1. The van der Waals surface area contributed by atoms with Gasteiger partial charge in [-0.25, -0.2) is 9.78 Å². The van der Waals surface area contributed by atoms with Crippen LogP contribution in [0.3, 0.4) is 0 Å². The number of nitrogens with zero attached hydrogens (tertiary/aromatic N) is 1. The van der Waals surface area contributed by atoms with Gasteiger partial charge < -0.3 is 15.0 Å². The van der Waals surface area contributed by atoms with E-state index < -0.39 is 29.7 Å². The van der Waals surface area contributed by atoms with Gasteiger partial charge in [0.25, 0.3) is 5.91 Å². The van der Waals surface area contributed by atoms with Gasteiger partial charge in [-0.2, -0.15) is 13.2 Å². The Hall–Kier alpha value is -3.36. The number of hydrogen-bond donors (Lipinski definition) is 2. The van der Waals surface area contributed by atoms with Crippen LogP contribution in [0.5, 0.6) is 0 Å². The Morgan fingerprint density at radius 2 is 1.96 bits per heavy atom. The van der Waals surface area contributed by atoms with E-state index in [1.54, 1.807) is 12.1 Å². The highest BCUT2D eigenvalue weighted by Crippen LogP contribution is 2.36. The quantitative estimate of drug-likeness (QED) is 0.674. The largest absolute Gasteiger partial charge is 0.464 e. The van der Waals surface area contributed by atoms with Gasteiger partial charge in [0.05, 0.1) is 23.3 Å². The van der Waals surface area contributed by atoms with Crippen LogP contribution in [0.15, 0.2) is 42.5 Å². The number of rotatable bonds is 3. The summed E-state index contributed by atoms with van der Waals surface area (Å²) in [5.74, 6) is -1.05. The summed E-state index contributed by atoms with van der Waals surface area (Å²) in [7, 11) is 0. The van der Waals surface area contributed by atoms with Gasteiger partial charge in [-0.3, -0.25) is 4.79 Å². The molecule has 28 heavy (non-hydrogen) atoms. The number of cyclic esters (lactones) is 1. The Labute approximate surface area is 156 Å². The average molecular weight is 389 g/mol. The number of H-pyrrole nitrogens is 1. The third-order valence-electron chi connectivity index (χ3n) is 4.49. The molecule has 1 amide bonds. The van der Waals surface area contributed by atoms with Crippen molar-refractivity contribution >= 4 is 22.9 Å². The molecule has 0 spiro atoms.